The topological polar surface area (TPSA) is 106 Å². The number of aliphatic imine (C=N–C) groups is 1. The zero-order valence-corrected chi connectivity index (χ0v) is 19.7. The number of carbonyl (C=O) groups is 1. The minimum Gasteiger partial charge on any atom is -0.463 e. The first-order chi connectivity index (χ1) is 15.7. The second-order valence-corrected chi connectivity index (χ2v) is 9.66. The summed E-state index contributed by atoms with van der Waals surface area (Å²) in [5.74, 6) is -0.353. The number of nitrogens with one attached hydrogen (secondary N) is 1. The first-order valence-electron chi connectivity index (χ1n) is 11.8. The van der Waals surface area contributed by atoms with Gasteiger partial charge in [-0.2, -0.15) is 0 Å². The van der Waals surface area contributed by atoms with Crippen LogP contribution in [0.15, 0.2) is 21.6 Å². The Kier molecular flexibility index (Phi) is 5.23. The van der Waals surface area contributed by atoms with Crippen molar-refractivity contribution in [2.45, 2.75) is 83.5 Å². The molecule has 0 bridgehead atoms. The molecule has 1 aromatic carbocycles. The third-order valence-corrected chi connectivity index (χ3v) is 6.93. The normalized spacial score (nSPS) is 23.7. The molecule has 3 aliphatic rings. The average Bonchev–Trinajstić information content (AvgIpc) is 3.53. The molecule has 1 aliphatic heterocycles. The summed E-state index contributed by atoms with van der Waals surface area (Å²) in [7, 11) is 0. The van der Waals surface area contributed by atoms with Crippen LogP contribution >= 0.6 is 0 Å². The lowest BCUT2D eigenvalue weighted by atomic mass is 9.91. The summed E-state index contributed by atoms with van der Waals surface area (Å²) in [6.07, 6.45) is 6.51. The lowest BCUT2D eigenvalue weighted by Crippen LogP contribution is -2.46. The summed E-state index contributed by atoms with van der Waals surface area (Å²) in [6.45, 7) is 6.91. The van der Waals surface area contributed by atoms with Gasteiger partial charge in [-0.25, -0.2) is 9.79 Å². The van der Waals surface area contributed by atoms with E-state index in [-0.39, 0.29) is 24.1 Å². The van der Waals surface area contributed by atoms with E-state index >= 15 is 0 Å². The standard InChI is InChI=1S/C25H31N3O5/c1-5-31-22(29)25(19-13-20(33-28-19)24(3,4)30)14(2)26-23(32-25)27-21-17-10-6-8-15(17)12-16-9-7-11-18(16)21/h12-14,30H,5-11H2,1-4H3,(H,26,27). The maximum absolute atomic E-state index is 13.2. The zero-order chi connectivity index (χ0) is 23.4. The van der Waals surface area contributed by atoms with E-state index in [1.165, 1.54) is 22.3 Å². The van der Waals surface area contributed by atoms with Crippen LogP contribution in [0.2, 0.25) is 0 Å². The molecule has 0 radical (unpaired) electrons. The van der Waals surface area contributed by atoms with Crippen LogP contribution in [-0.4, -0.2) is 34.9 Å². The van der Waals surface area contributed by atoms with Crippen LogP contribution in [0.5, 0.6) is 0 Å². The number of nitrogens with zero attached hydrogens (tertiary/aromatic N) is 2. The summed E-state index contributed by atoms with van der Waals surface area (Å²) in [4.78, 5) is 17.9. The molecule has 1 aromatic heterocycles. The van der Waals surface area contributed by atoms with Crippen molar-refractivity contribution in [3.8, 4) is 0 Å². The first kappa shape index (κ1) is 21.9. The number of ether oxygens (including phenoxy) is 2. The molecular formula is C25H31N3O5. The van der Waals surface area contributed by atoms with Gasteiger partial charge in [0, 0.05) is 11.8 Å². The van der Waals surface area contributed by atoms with E-state index in [9.17, 15) is 9.90 Å². The Morgan fingerprint density at radius 2 is 1.88 bits per heavy atom. The molecule has 5 rings (SSSR count). The molecule has 2 unspecified atom stereocenters. The van der Waals surface area contributed by atoms with Gasteiger partial charge in [-0.1, -0.05) is 11.2 Å². The highest BCUT2D eigenvalue weighted by Gasteiger charge is 2.57. The zero-order valence-electron chi connectivity index (χ0n) is 19.7. The van der Waals surface area contributed by atoms with E-state index in [1.807, 2.05) is 0 Å². The minimum atomic E-state index is -1.59. The molecule has 0 fully saturated rings. The summed E-state index contributed by atoms with van der Waals surface area (Å²) in [6, 6.07) is 3.58. The number of anilines is 1. The van der Waals surface area contributed by atoms with Crippen LogP contribution < -0.4 is 5.32 Å². The fraction of sp³-hybridized carbons (Fsp3) is 0.560. The maximum atomic E-state index is 13.2. The number of benzene rings is 1. The van der Waals surface area contributed by atoms with Crippen LogP contribution in [0.1, 0.15) is 74.2 Å². The summed E-state index contributed by atoms with van der Waals surface area (Å²) in [5, 5.41) is 17.9. The summed E-state index contributed by atoms with van der Waals surface area (Å²) in [5.41, 5.74) is 3.92. The van der Waals surface area contributed by atoms with Gasteiger partial charge < -0.3 is 24.4 Å². The van der Waals surface area contributed by atoms with E-state index in [0.717, 1.165) is 44.2 Å². The number of aliphatic hydroxyl groups is 1. The van der Waals surface area contributed by atoms with Gasteiger partial charge in [-0.3, -0.25) is 0 Å². The van der Waals surface area contributed by atoms with E-state index in [2.05, 4.69) is 21.5 Å². The lowest BCUT2D eigenvalue weighted by molar-refractivity contribution is -0.164. The second-order valence-electron chi connectivity index (χ2n) is 9.66. The minimum absolute atomic E-state index is 0.190. The van der Waals surface area contributed by atoms with Crippen molar-refractivity contribution in [2.24, 2.45) is 4.99 Å². The van der Waals surface area contributed by atoms with Crippen LogP contribution in [0.25, 0.3) is 0 Å². The molecule has 0 spiro atoms. The van der Waals surface area contributed by atoms with E-state index in [4.69, 9.17) is 14.0 Å². The fourth-order valence-corrected chi connectivity index (χ4v) is 5.22. The van der Waals surface area contributed by atoms with Crippen molar-refractivity contribution in [1.29, 1.82) is 0 Å². The number of fused-ring (bicyclic) bond motifs is 2. The van der Waals surface area contributed by atoms with Gasteiger partial charge in [0.15, 0.2) is 5.76 Å². The third kappa shape index (κ3) is 3.51. The SMILES string of the molecule is CCOC(=O)C1(c2cc(C(C)(C)O)on2)OC(Nc2c3c(cc4c2CCC4)CCC3)=NC1C. The molecule has 2 heterocycles. The number of amidine groups is 1. The monoisotopic (exact) mass is 453 g/mol. The molecule has 8 heteroatoms. The van der Waals surface area contributed by atoms with Gasteiger partial charge in [0.25, 0.3) is 11.6 Å². The molecule has 0 saturated heterocycles. The molecule has 2 N–H and O–H groups in total. The highest BCUT2D eigenvalue weighted by molar-refractivity contribution is 5.97. The van der Waals surface area contributed by atoms with Crippen molar-refractivity contribution in [3.63, 3.8) is 0 Å². The Hall–Kier alpha value is -2.87. The second kappa shape index (κ2) is 7.87. The van der Waals surface area contributed by atoms with Crippen molar-refractivity contribution < 1.29 is 23.9 Å². The molecule has 0 amide bonds. The molecule has 8 nitrogen and oxygen atoms in total. The largest absolute Gasteiger partial charge is 0.463 e. The molecule has 2 atom stereocenters. The predicted molar refractivity (Wildman–Crippen MR) is 122 cm³/mol. The van der Waals surface area contributed by atoms with Crippen molar-refractivity contribution in [3.05, 3.63) is 45.8 Å². The number of hydrogen-bond acceptors (Lipinski definition) is 8. The Labute approximate surface area is 193 Å². The Bertz CT molecular complexity index is 1100. The number of aromatic nitrogens is 1. The van der Waals surface area contributed by atoms with Crippen molar-refractivity contribution in [1.82, 2.24) is 5.16 Å². The summed E-state index contributed by atoms with van der Waals surface area (Å²) < 4.78 is 17.0. The van der Waals surface area contributed by atoms with Gasteiger partial charge >= 0.3 is 5.97 Å². The van der Waals surface area contributed by atoms with E-state index in [1.54, 1.807) is 33.8 Å². The maximum Gasteiger partial charge on any atom is 0.359 e. The van der Waals surface area contributed by atoms with Crippen LogP contribution in [0, 0.1) is 0 Å². The van der Waals surface area contributed by atoms with Crippen LogP contribution in [0.3, 0.4) is 0 Å². The summed E-state index contributed by atoms with van der Waals surface area (Å²) >= 11 is 0. The Balaban J connectivity index is 1.51. The predicted octanol–water partition coefficient (Wildman–Crippen LogP) is 3.52. The molecule has 33 heavy (non-hydrogen) atoms. The number of aryl methyl sites for hydroxylation is 2. The highest BCUT2D eigenvalue weighted by Crippen LogP contribution is 2.42. The average molecular weight is 454 g/mol. The molecule has 2 aromatic rings. The van der Waals surface area contributed by atoms with Gasteiger partial charge in [0.2, 0.25) is 0 Å². The number of esters is 1. The molecule has 0 saturated carbocycles. The lowest BCUT2D eigenvalue weighted by Gasteiger charge is -2.27. The first-order valence-corrected chi connectivity index (χ1v) is 11.8. The molecular weight excluding hydrogens is 422 g/mol. The van der Waals surface area contributed by atoms with Gasteiger partial charge in [0.05, 0.1) is 6.61 Å². The number of carbonyl (C=O) groups excluding carboxylic acids is 1. The van der Waals surface area contributed by atoms with Crippen molar-refractivity contribution in [2.75, 3.05) is 11.9 Å². The van der Waals surface area contributed by atoms with Crippen LogP contribution in [-0.2, 0) is 51.2 Å². The Morgan fingerprint density at radius 1 is 1.21 bits per heavy atom. The molecule has 176 valence electrons. The number of hydrogen-bond donors (Lipinski definition) is 2. The Morgan fingerprint density at radius 3 is 2.45 bits per heavy atom. The third-order valence-electron chi connectivity index (χ3n) is 6.93. The van der Waals surface area contributed by atoms with Crippen LogP contribution in [0.4, 0.5) is 5.69 Å². The van der Waals surface area contributed by atoms with Gasteiger partial charge in [-0.15, -0.1) is 0 Å². The fourth-order valence-electron chi connectivity index (χ4n) is 5.22. The highest BCUT2D eigenvalue weighted by atomic mass is 16.6. The number of rotatable bonds is 5. The smallest absolute Gasteiger partial charge is 0.359 e. The van der Waals surface area contributed by atoms with E-state index < -0.39 is 23.2 Å². The van der Waals surface area contributed by atoms with Gasteiger partial charge in [-0.05, 0) is 88.5 Å². The van der Waals surface area contributed by atoms with Crippen molar-refractivity contribution >= 4 is 17.7 Å². The van der Waals surface area contributed by atoms with Gasteiger partial charge in [0.1, 0.15) is 17.3 Å². The quantitative estimate of drug-likeness (QED) is 0.667. The molecule has 2 aliphatic carbocycles. The van der Waals surface area contributed by atoms with E-state index in [0.29, 0.717) is 0 Å².